The zero-order chi connectivity index (χ0) is 24.0. The van der Waals surface area contributed by atoms with Gasteiger partial charge in [0.15, 0.2) is 6.61 Å². The molecule has 0 spiro atoms. The van der Waals surface area contributed by atoms with Gasteiger partial charge in [-0.1, -0.05) is 18.5 Å². The second kappa shape index (κ2) is 11.0. The third-order valence-corrected chi connectivity index (χ3v) is 7.50. The molecular weight excluding hydrogens is 473 g/mol. The fourth-order valence-corrected chi connectivity index (χ4v) is 5.26. The van der Waals surface area contributed by atoms with Gasteiger partial charge in [0, 0.05) is 38.4 Å². The zero-order valence-corrected chi connectivity index (χ0v) is 19.7. The summed E-state index contributed by atoms with van der Waals surface area (Å²) in [5, 5.41) is 2.56. The van der Waals surface area contributed by atoms with E-state index in [0.29, 0.717) is 19.6 Å². The molecule has 1 fully saturated rings. The first kappa shape index (κ1) is 24.9. The van der Waals surface area contributed by atoms with Crippen LogP contribution in [-0.2, 0) is 19.6 Å². The molecule has 11 heteroatoms. The van der Waals surface area contributed by atoms with Crippen LogP contribution < -0.4 is 10.2 Å². The van der Waals surface area contributed by atoms with Gasteiger partial charge in [0.2, 0.25) is 10.0 Å². The van der Waals surface area contributed by atoms with E-state index >= 15 is 0 Å². The van der Waals surface area contributed by atoms with Crippen LogP contribution in [0.2, 0.25) is 5.02 Å². The number of sulfonamides is 1. The van der Waals surface area contributed by atoms with Crippen LogP contribution in [0.5, 0.6) is 0 Å². The summed E-state index contributed by atoms with van der Waals surface area (Å²) < 4.78 is 45.8. The maximum Gasteiger partial charge on any atom is 0.338 e. The number of nitrogens with one attached hydrogen (secondary N) is 1. The van der Waals surface area contributed by atoms with Gasteiger partial charge in [-0.2, -0.15) is 4.31 Å². The summed E-state index contributed by atoms with van der Waals surface area (Å²) in [5.41, 5.74) is 0.783. The standard InChI is InChI=1S/C22H25ClFN3O5S/c1-2-9-25-21(28)15-32-22(29)16-3-8-19(23)20(14-16)33(30,31)27-12-10-26(11-13-27)18-6-4-17(24)5-7-18/h3-8,14H,2,9-13,15H2,1H3,(H,25,28). The molecule has 33 heavy (non-hydrogen) atoms. The van der Waals surface area contributed by atoms with E-state index in [1.165, 1.54) is 28.6 Å². The van der Waals surface area contributed by atoms with E-state index in [1.807, 2.05) is 11.8 Å². The van der Waals surface area contributed by atoms with E-state index in [0.717, 1.165) is 18.2 Å². The van der Waals surface area contributed by atoms with Crippen LogP contribution >= 0.6 is 11.6 Å². The first-order valence-electron chi connectivity index (χ1n) is 10.5. The van der Waals surface area contributed by atoms with E-state index in [4.69, 9.17) is 16.3 Å². The maximum atomic E-state index is 13.2. The Morgan fingerprint density at radius 3 is 2.39 bits per heavy atom. The second-order valence-electron chi connectivity index (χ2n) is 7.44. The van der Waals surface area contributed by atoms with Crippen molar-refractivity contribution in [3.63, 3.8) is 0 Å². The highest BCUT2D eigenvalue weighted by molar-refractivity contribution is 7.89. The molecule has 1 aliphatic rings. The monoisotopic (exact) mass is 497 g/mol. The lowest BCUT2D eigenvalue weighted by atomic mass is 10.2. The summed E-state index contributed by atoms with van der Waals surface area (Å²) >= 11 is 6.16. The Bertz CT molecular complexity index is 1100. The van der Waals surface area contributed by atoms with Crippen molar-refractivity contribution in [2.75, 3.05) is 44.2 Å². The van der Waals surface area contributed by atoms with Gasteiger partial charge in [-0.05, 0) is 48.9 Å². The maximum absolute atomic E-state index is 13.2. The second-order valence-corrected chi connectivity index (χ2v) is 9.75. The number of benzene rings is 2. The molecule has 3 rings (SSSR count). The fraction of sp³-hybridized carbons (Fsp3) is 0.364. The van der Waals surface area contributed by atoms with Crippen LogP contribution in [0.25, 0.3) is 0 Å². The molecule has 0 saturated carbocycles. The van der Waals surface area contributed by atoms with Gasteiger partial charge in [-0.25, -0.2) is 17.6 Å². The number of rotatable bonds is 8. The van der Waals surface area contributed by atoms with Gasteiger partial charge in [-0.3, -0.25) is 4.79 Å². The predicted octanol–water partition coefficient (Wildman–Crippen LogP) is 2.67. The Balaban J connectivity index is 1.68. The smallest absolute Gasteiger partial charge is 0.338 e. The Hall–Kier alpha value is -2.69. The number of halogens is 2. The SMILES string of the molecule is CCCNC(=O)COC(=O)c1ccc(Cl)c(S(=O)(=O)N2CCN(c3ccc(F)cc3)CC2)c1. The van der Waals surface area contributed by atoms with Crippen molar-refractivity contribution in [1.29, 1.82) is 0 Å². The van der Waals surface area contributed by atoms with Crippen LogP contribution in [0.3, 0.4) is 0 Å². The minimum Gasteiger partial charge on any atom is -0.452 e. The van der Waals surface area contributed by atoms with Crippen LogP contribution in [-0.4, -0.2) is 63.9 Å². The lowest BCUT2D eigenvalue weighted by molar-refractivity contribution is -0.124. The minimum atomic E-state index is -3.98. The van der Waals surface area contributed by atoms with Crippen molar-refractivity contribution in [2.45, 2.75) is 18.2 Å². The largest absolute Gasteiger partial charge is 0.452 e. The Labute approximate surface area is 197 Å². The van der Waals surface area contributed by atoms with Gasteiger partial charge in [0.05, 0.1) is 10.6 Å². The van der Waals surface area contributed by atoms with Crippen LogP contribution in [0.4, 0.5) is 10.1 Å². The van der Waals surface area contributed by atoms with E-state index in [9.17, 15) is 22.4 Å². The molecule has 1 aliphatic heterocycles. The first-order chi connectivity index (χ1) is 15.7. The first-order valence-corrected chi connectivity index (χ1v) is 12.3. The quantitative estimate of drug-likeness (QED) is 0.563. The number of esters is 1. The van der Waals surface area contributed by atoms with Crippen molar-refractivity contribution >= 4 is 39.2 Å². The molecule has 0 atom stereocenters. The summed E-state index contributed by atoms with van der Waals surface area (Å²) in [5.74, 6) is -1.60. The highest BCUT2D eigenvalue weighted by Gasteiger charge is 2.31. The molecule has 1 heterocycles. The number of amides is 1. The number of carbonyl (C=O) groups is 2. The Kier molecular flexibility index (Phi) is 8.28. The molecule has 2 aromatic rings. The van der Waals surface area contributed by atoms with Crippen LogP contribution in [0.1, 0.15) is 23.7 Å². The van der Waals surface area contributed by atoms with E-state index in [1.54, 1.807) is 12.1 Å². The van der Waals surface area contributed by atoms with Crippen molar-refractivity contribution in [1.82, 2.24) is 9.62 Å². The molecule has 1 N–H and O–H groups in total. The number of ether oxygens (including phenoxy) is 1. The topological polar surface area (TPSA) is 96.0 Å². The lowest BCUT2D eigenvalue weighted by Gasteiger charge is -2.35. The average Bonchev–Trinajstić information content (AvgIpc) is 2.82. The summed E-state index contributed by atoms with van der Waals surface area (Å²) in [6.07, 6.45) is 0.746. The fourth-order valence-electron chi connectivity index (χ4n) is 3.34. The molecule has 0 aliphatic carbocycles. The number of hydrogen-bond donors (Lipinski definition) is 1. The third kappa shape index (κ3) is 6.21. The molecule has 2 aromatic carbocycles. The molecule has 178 valence electrons. The number of piperazine rings is 1. The number of carbonyl (C=O) groups excluding carboxylic acids is 2. The third-order valence-electron chi connectivity index (χ3n) is 5.12. The molecule has 1 saturated heterocycles. The van der Waals surface area contributed by atoms with E-state index < -0.39 is 28.5 Å². The molecule has 8 nitrogen and oxygen atoms in total. The van der Waals surface area contributed by atoms with Crippen molar-refractivity contribution < 1.29 is 27.1 Å². The highest BCUT2D eigenvalue weighted by Crippen LogP contribution is 2.28. The Morgan fingerprint density at radius 2 is 1.76 bits per heavy atom. The van der Waals surface area contributed by atoms with E-state index in [-0.39, 0.29) is 34.4 Å². The van der Waals surface area contributed by atoms with E-state index in [2.05, 4.69) is 5.32 Å². The molecule has 0 radical (unpaired) electrons. The van der Waals surface area contributed by atoms with Crippen LogP contribution in [0.15, 0.2) is 47.4 Å². The summed E-state index contributed by atoms with van der Waals surface area (Å²) in [7, 11) is -3.98. The van der Waals surface area contributed by atoms with Gasteiger partial charge in [0.1, 0.15) is 10.7 Å². The minimum absolute atomic E-state index is 0.0202. The number of nitrogens with zero attached hydrogens (tertiary/aromatic N) is 2. The molecular formula is C22H25ClFN3O5S. The molecule has 0 bridgehead atoms. The van der Waals surface area contributed by atoms with Crippen molar-refractivity contribution in [3.05, 3.63) is 58.9 Å². The predicted molar refractivity (Wildman–Crippen MR) is 122 cm³/mol. The Morgan fingerprint density at radius 1 is 1.09 bits per heavy atom. The molecule has 0 aromatic heterocycles. The molecule has 1 amide bonds. The van der Waals surface area contributed by atoms with Crippen molar-refractivity contribution in [2.24, 2.45) is 0 Å². The van der Waals surface area contributed by atoms with Gasteiger partial charge >= 0.3 is 5.97 Å². The van der Waals surface area contributed by atoms with Crippen LogP contribution in [0, 0.1) is 5.82 Å². The summed E-state index contributed by atoms with van der Waals surface area (Å²) in [6.45, 7) is 3.12. The van der Waals surface area contributed by atoms with Gasteiger partial charge in [0.25, 0.3) is 5.91 Å². The number of anilines is 1. The lowest BCUT2D eigenvalue weighted by Crippen LogP contribution is -2.48. The normalized spacial score (nSPS) is 14.7. The molecule has 0 unspecified atom stereocenters. The highest BCUT2D eigenvalue weighted by atomic mass is 35.5. The number of hydrogen-bond acceptors (Lipinski definition) is 6. The summed E-state index contributed by atoms with van der Waals surface area (Å²) in [4.78, 5) is 25.7. The van der Waals surface area contributed by atoms with Gasteiger partial charge in [-0.15, -0.1) is 0 Å². The van der Waals surface area contributed by atoms with Gasteiger partial charge < -0.3 is 15.0 Å². The average molecular weight is 498 g/mol. The van der Waals surface area contributed by atoms with Crippen molar-refractivity contribution in [3.8, 4) is 0 Å². The zero-order valence-electron chi connectivity index (χ0n) is 18.1. The summed E-state index contributed by atoms with van der Waals surface area (Å²) in [6, 6.07) is 9.84.